The van der Waals surface area contributed by atoms with E-state index in [1.807, 2.05) is 0 Å². The summed E-state index contributed by atoms with van der Waals surface area (Å²) in [4.78, 5) is 72.5. The number of aliphatic hydroxyl groups is 1. The molecule has 0 rings (SSSR count). The molecule has 3 N–H and O–H groups in total. The lowest BCUT2D eigenvalue weighted by Gasteiger charge is -2.21. The maximum Gasteiger partial charge on any atom is 0.472 e. The van der Waals surface area contributed by atoms with Gasteiger partial charge in [0.15, 0.2) is 12.2 Å². The summed E-state index contributed by atoms with van der Waals surface area (Å²) in [7, 11) is -9.90. The first-order valence-corrected chi connectivity index (χ1v) is 41.0. The van der Waals surface area contributed by atoms with E-state index in [2.05, 4.69) is 41.5 Å². The normalized spacial score (nSPS) is 14.4. The van der Waals surface area contributed by atoms with Crippen LogP contribution < -0.4 is 0 Å². The molecule has 0 saturated heterocycles. The first-order chi connectivity index (χ1) is 44.4. The van der Waals surface area contributed by atoms with Gasteiger partial charge in [-0.2, -0.15) is 0 Å². The number of phosphoric ester groups is 2. The van der Waals surface area contributed by atoms with Crippen molar-refractivity contribution < 1.29 is 80.2 Å². The van der Waals surface area contributed by atoms with Gasteiger partial charge in [-0.3, -0.25) is 37.3 Å². The second-order valence-corrected chi connectivity index (χ2v) is 30.0. The Morgan fingerprint density at radius 2 is 0.554 bits per heavy atom. The summed E-state index contributed by atoms with van der Waals surface area (Å²) >= 11 is 0. The first kappa shape index (κ1) is 90.1. The third-order valence-corrected chi connectivity index (χ3v) is 19.2. The zero-order chi connectivity index (χ0) is 67.9. The number of esters is 4. The molecular weight excluding hydrogens is 1210 g/mol. The molecule has 0 aliphatic rings. The van der Waals surface area contributed by atoms with Crippen molar-refractivity contribution in [2.45, 2.75) is 394 Å². The van der Waals surface area contributed by atoms with Crippen LogP contribution in [0.25, 0.3) is 0 Å². The van der Waals surface area contributed by atoms with Crippen LogP contribution in [-0.4, -0.2) is 96.7 Å². The summed E-state index contributed by atoms with van der Waals surface area (Å²) < 4.78 is 68.3. The molecule has 0 fully saturated rings. The van der Waals surface area contributed by atoms with Crippen molar-refractivity contribution in [2.75, 3.05) is 39.6 Å². The number of hydrogen-bond donors (Lipinski definition) is 3. The van der Waals surface area contributed by atoms with Crippen LogP contribution in [0.2, 0.25) is 0 Å². The number of unbranched alkanes of at least 4 members (excludes halogenated alkanes) is 41. The fraction of sp³-hybridized carbons (Fsp3) is 0.945. The van der Waals surface area contributed by atoms with Gasteiger partial charge in [0.2, 0.25) is 0 Å². The predicted molar refractivity (Wildman–Crippen MR) is 372 cm³/mol. The standard InChI is InChI=1S/C73H142O17P2/c1-7-10-12-14-16-17-18-19-20-21-22-23-24-25-26-27-32-39-45-51-57-72(77)89-69(62-84-71(76)56-50-44-38-31-29-28-30-37-42-48-54-66(6)9-3)64-88-92(81,82)86-60-67(74)59-85-91(79,80)87-63-68(61-83-70(75)55-49-43-35-15-13-11-8-2)90-73(78)58-52-46-40-34-33-36-41-47-53-65(4)5/h65-69,74H,7-64H2,1-6H3,(H,79,80)(H,81,82)/t66?,67-,68+,69+/m0/s1. The highest BCUT2D eigenvalue weighted by Gasteiger charge is 2.30. The van der Waals surface area contributed by atoms with Crippen molar-refractivity contribution in [3.05, 3.63) is 0 Å². The Morgan fingerprint density at radius 3 is 0.826 bits per heavy atom. The van der Waals surface area contributed by atoms with E-state index in [1.165, 1.54) is 180 Å². The van der Waals surface area contributed by atoms with Gasteiger partial charge in [-0.25, -0.2) is 9.13 Å². The maximum atomic E-state index is 13.1. The molecule has 0 aliphatic carbocycles. The van der Waals surface area contributed by atoms with E-state index in [1.54, 1.807) is 0 Å². The van der Waals surface area contributed by atoms with E-state index in [-0.39, 0.29) is 25.7 Å². The SMILES string of the molecule is CCCCCCCCCCCCCCCCCCCCCCC(=O)O[C@H](COC(=O)CCCCCCCCCCCCC(C)CC)COP(=O)(O)OC[C@@H](O)COP(=O)(O)OC[C@@H](COC(=O)CCCCCCCCC)OC(=O)CCCCCCCCCCC(C)C. The molecule has 0 aromatic rings. The van der Waals surface area contributed by atoms with Crippen LogP contribution in [0.15, 0.2) is 0 Å². The molecule has 0 amide bonds. The molecule has 92 heavy (non-hydrogen) atoms. The van der Waals surface area contributed by atoms with Crippen molar-refractivity contribution in [1.29, 1.82) is 0 Å². The van der Waals surface area contributed by atoms with Crippen LogP contribution >= 0.6 is 15.6 Å². The number of hydrogen-bond acceptors (Lipinski definition) is 15. The average molecular weight is 1350 g/mol. The van der Waals surface area contributed by atoms with Crippen molar-refractivity contribution >= 4 is 39.5 Å². The van der Waals surface area contributed by atoms with Crippen LogP contribution in [0.1, 0.15) is 375 Å². The minimum atomic E-state index is -4.95. The van der Waals surface area contributed by atoms with E-state index < -0.39 is 97.5 Å². The van der Waals surface area contributed by atoms with Gasteiger partial charge in [-0.1, -0.05) is 324 Å². The van der Waals surface area contributed by atoms with Gasteiger partial charge in [0.25, 0.3) is 0 Å². The van der Waals surface area contributed by atoms with E-state index in [0.717, 1.165) is 115 Å². The molecule has 17 nitrogen and oxygen atoms in total. The van der Waals surface area contributed by atoms with Crippen molar-refractivity contribution in [3.8, 4) is 0 Å². The van der Waals surface area contributed by atoms with Gasteiger partial charge < -0.3 is 33.8 Å². The number of aliphatic hydroxyl groups excluding tert-OH is 1. The van der Waals surface area contributed by atoms with Gasteiger partial charge >= 0.3 is 39.5 Å². The molecule has 0 aromatic carbocycles. The van der Waals surface area contributed by atoms with E-state index in [4.69, 9.17) is 37.0 Å². The Kier molecular flexibility index (Phi) is 63.7. The number of carbonyl (C=O) groups is 4. The summed E-state index contributed by atoms with van der Waals surface area (Å²) in [6.07, 6.45) is 51.6. The highest BCUT2D eigenvalue weighted by atomic mass is 31.2. The maximum absolute atomic E-state index is 13.1. The molecular formula is C73H142O17P2. The highest BCUT2D eigenvalue weighted by molar-refractivity contribution is 7.47. The minimum absolute atomic E-state index is 0.104. The summed E-state index contributed by atoms with van der Waals surface area (Å²) in [6.45, 7) is 9.51. The lowest BCUT2D eigenvalue weighted by Crippen LogP contribution is -2.30. The van der Waals surface area contributed by atoms with Crippen LogP contribution in [0.4, 0.5) is 0 Å². The molecule has 0 aromatic heterocycles. The van der Waals surface area contributed by atoms with Crippen LogP contribution in [0.3, 0.4) is 0 Å². The average Bonchev–Trinajstić information content (AvgIpc) is 1.73. The molecule has 6 atom stereocenters. The number of phosphoric acid groups is 2. The zero-order valence-corrected chi connectivity index (χ0v) is 61.6. The summed E-state index contributed by atoms with van der Waals surface area (Å²) in [5.41, 5.74) is 0. The van der Waals surface area contributed by atoms with E-state index in [9.17, 15) is 43.2 Å². The summed E-state index contributed by atoms with van der Waals surface area (Å²) in [5.74, 6) is -0.599. The van der Waals surface area contributed by atoms with E-state index in [0.29, 0.717) is 25.7 Å². The van der Waals surface area contributed by atoms with Crippen LogP contribution in [0, 0.1) is 11.8 Å². The molecule has 19 heteroatoms. The third kappa shape index (κ3) is 65.4. The number of rotatable bonds is 72. The van der Waals surface area contributed by atoms with Gasteiger partial charge in [0.05, 0.1) is 26.4 Å². The molecule has 0 bridgehead atoms. The Bertz CT molecular complexity index is 1790. The third-order valence-electron chi connectivity index (χ3n) is 17.3. The topological polar surface area (TPSA) is 237 Å². The smallest absolute Gasteiger partial charge is 0.462 e. The monoisotopic (exact) mass is 1350 g/mol. The van der Waals surface area contributed by atoms with Crippen molar-refractivity contribution in [3.63, 3.8) is 0 Å². The Labute approximate surface area is 562 Å². The van der Waals surface area contributed by atoms with Crippen LogP contribution in [0.5, 0.6) is 0 Å². The van der Waals surface area contributed by atoms with Gasteiger partial charge in [0, 0.05) is 25.7 Å². The lowest BCUT2D eigenvalue weighted by molar-refractivity contribution is -0.161. The largest absolute Gasteiger partial charge is 0.472 e. The van der Waals surface area contributed by atoms with Gasteiger partial charge in [-0.15, -0.1) is 0 Å². The van der Waals surface area contributed by atoms with Gasteiger partial charge in [0.1, 0.15) is 19.3 Å². The highest BCUT2D eigenvalue weighted by Crippen LogP contribution is 2.45. The predicted octanol–water partition coefficient (Wildman–Crippen LogP) is 21.2. The molecule has 0 saturated carbocycles. The van der Waals surface area contributed by atoms with Crippen molar-refractivity contribution in [2.24, 2.45) is 11.8 Å². The Morgan fingerprint density at radius 1 is 0.315 bits per heavy atom. The number of ether oxygens (including phenoxy) is 4. The minimum Gasteiger partial charge on any atom is -0.462 e. The fourth-order valence-electron chi connectivity index (χ4n) is 11.1. The van der Waals surface area contributed by atoms with Crippen molar-refractivity contribution in [1.82, 2.24) is 0 Å². The zero-order valence-electron chi connectivity index (χ0n) is 59.9. The summed E-state index contributed by atoms with van der Waals surface area (Å²) in [6, 6.07) is 0. The lowest BCUT2D eigenvalue weighted by atomic mass is 9.99. The number of carbonyl (C=O) groups excluding carboxylic acids is 4. The molecule has 0 aliphatic heterocycles. The van der Waals surface area contributed by atoms with Gasteiger partial charge in [-0.05, 0) is 37.5 Å². The summed E-state index contributed by atoms with van der Waals surface area (Å²) in [5, 5.41) is 10.6. The Hall–Kier alpha value is -1.94. The quantitative estimate of drug-likeness (QED) is 0.0222. The molecule has 0 radical (unpaired) electrons. The molecule has 546 valence electrons. The first-order valence-electron chi connectivity index (χ1n) is 38.0. The molecule has 0 spiro atoms. The van der Waals surface area contributed by atoms with Crippen LogP contribution in [-0.2, 0) is 65.4 Å². The van der Waals surface area contributed by atoms with E-state index >= 15 is 0 Å². The molecule has 0 heterocycles. The fourth-order valence-corrected chi connectivity index (χ4v) is 12.7. The molecule has 3 unspecified atom stereocenters. The second kappa shape index (κ2) is 65.0. The Balaban J connectivity index is 5.18. The second-order valence-electron chi connectivity index (χ2n) is 27.1.